The van der Waals surface area contributed by atoms with E-state index in [1.165, 1.54) is 38.5 Å². The summed E-state index contributed by atoms with van der Waals surface area (Å²) in [5, 5.41) is 120. The molecular weight excluding hydrogens is 1030 g/mol. The van der Waals surface area contributed by atoms with Gasteiger partial charge in [-0.25, -0.2) is 0 Å². The van der Waals surface area contributed by atoms with Gasteiger partial charge in [-0.1, -0.05) is 177 Å². The number of aliphatic hydroxyl groups is 11. The number of allylic oxidation sites excluding steroid dienone is 12. The first-order valence-corrected chi connectivity index (χ1v) is 30.2. The van der Waals surface area contributed by atoms with E-state index in [9.17, 15) is 61.0 Å². The highest BCUT2D eigenvalue weighted by atomic mass is 16.8. The number of unbranched alkanes of at least 4 members (excludes halogenated alkanes) is 15. The third kappa shape index (κ3) is 27.3. The average molecular weight is 1140 g/mol. The van der Waals surface area contributed by atoms with Crippen molar-refractivity contribution in [3.8, 4) is 0 Å². The van der Waals surface area contributed by atoms with Crippen molar-refractivity contribution < 1.29 is 89.4 Å². The Morgan fingerprint density at radius 3 is 1.35 bits per heavy atom. The summed E-state index contributed by atoms with van der Waals surface area (Å²) >= 11 is 0. The quantitative estimate of drug-likeness (QED) is 0.0268. The lowest BCUT2D eigenvalue weighted by atomic mass is 9.96. The molecule has 462 valence electrons. The maximum Gasteiger partial charge on any atom is 0.220 e. The normalized spacial score (nSPS) is 30.5. The van der Waals surface area contributed by atoms with Gasteiger partial charge >= 0.3 is 0 Å². The monoisotopic (exact) mass is 1140 g/mol. The molecule has 0 saturated carbocycles. The molecule has 3 rings (SSSR count). The summed E-state index contributed by atoms with van der Waals surface area (Å²) in [7, 11) is 0. The number of carbonyl (C=O) groups excluding carboxylic acids is 1. The predicted molar refractivity (Wildman–Crippen MR) is 305 cm³/mol. The van der Waals surface area contributed by atoms with Gasteiger partial charge in [-0.3, -0.25) is 4.79 Å². The highest BCUT2D eigenvalue weighted by molar-refractivity contribution is 5.76. The zero-order valence-corrected chi connectivity index (χ0v) is 48.0. The largest absolute Gasteiger partial charge is 0.394 e. The van der Waals surface area contributed by atoms with E-state index >= 15 is 0 Å². The number of ether oxygens (including phenoxy) is 6. The van der Waals surface area contributed by atoms with Gasteiger partial charge in [0.1, 0.15) is 73.2 Å². The van der Waals surface area contributed by atoms with Crippen molar-refractivity contribution in [2.75, 3.05) is 26.4 Å². The first kappa shape index (κ1) is 71.5. The van der Waals surface area contributed by atoms with Gasteiger partial charge in [0.2, 0.25) is 5.91 Å². The molecule has 0 bridgehead atoms. The van der Waals surface area contributed by atoms with Crippen LogP contribution in [0.3, 0.4) is 0 Å². The summed E-state index contributed by atoms with van der Waals surface area (Å²) in [5.74, 6) is -0.259. The van der Waals surface area contributed by atoms with Crippen LogP contribution in [0.5, 0.6) is 0 Å². The van der Waals surface area contributed by atoms with Crippen LogP contribution in [0, 0.1) is 0 Å². The number of amides is 1. The van der Waals surface area contributed by atoms with Crippen LogP contribution in [0.2, 0.25) is 0 Å². The Labute approximate surface area is 477 Å². The summed E-state index contributed by atoms with van der Waals surface area (Å²) in [6.07, 6.45) is 24.5. The molecule has 3 fully saturated rings. The lowest BCUT2D eigenvalue weighted by Crippen LogP contribution is -2.66. The van der Waals surface area contributed by atoms with Gasteiger partial charge in [0.15, 0.2) is 18.9 Å². The van der Waals surface area contributed by atoms with E-state index in [1.54, 1.807) is 0 Å². The number of aliphatic hydroxyl groups excluding tert-OH is 11. The summed E-state index contributed by atoms with van der Waals surface area (Å²) in [5.41, 5.74) is 0. The Balaban J connectivity index is 1.41. The smallest absolute Gasteiger partial charge is 0.220 e. The molecule has 80 heavy (non-hydrogen) atoms. The van der Waals surface area contributed by atoms with Crippen molar-refractivity contribution in [1.29, 1.82) is 0 Å². The second kappa shape index (κ2) is 43.8. The molecule has 3 aliphatic rings. The molecule has 3 saturated heterocycles. The lowest BCUT2D eigenvalue weighted by Gasteiger charge is -2.48. The minimum absolute atomic E-state index is 0.251. The molecule has 0 aliphatic carbocycles. The third-order valence-corrected chi connectivity index (χ3v) is 14.8. The first-order valence-electron chi connectivity index (χ1n) is 30.2. The van der Waals surface area contributed by atoms with Crippen molar-refractivity contribution in [3.63, 3.8) is 0 Å². The van der Waals surface area contributed by atoms with Gasteiger partial charge in [0.05, 0.1) is 38.6 Å². The zero-order valence-electron chi connectivity index (χ0n) is 48.0. The van der Waals surface area contributed by atoms with Crippen LogP contribution in [-0.2, 0) is 33.2 Å². The first-order chi connectivity index (χ1) is 38.8. The van der Waals surface area contributed by atoms with E-state index in [0.29, 0.717) is 12.8 Å². The van der Waals surface area contributed by atoms with Crippen LogP contribution in [0.4, 0.5) is 0 Å². The highest BCUT2D eigenvalue weighted by Crippen LogP contribution is 2.33. The average Bonchev–Trinajstić information content (AvgIpc) is 3.55. The minimum atomic E-state index is -1.97. The van der Waals surface area contributed by atoms with Crippen LogP contribution >= 0.6 is 0 Å². The van der Waals surface area contributed by atoms with Crippen LogP contribution in [-0.4, -0.2) is 193 Å². The number of carbonyl (C=O) groups is 1. The molecule has 19 heteroatoms. The molecular formula is C61H105NO18. The van der Waals surface area contributed by atoms with Crippen molar-refractivity contribution >= 4 is 5.91 Å². The standard InChI is InChI=1S/C61H105NO18/c1-3-5-7-9-11-13-14-15-16-17-18-19-20-21-22-23-24-25-26-27-28-29-30-31-33-35-37-39-49(67)62-44(45(66)38-36-34-32-12-10-8-6-4-2)43-75-59-55(73)52(70)57(47(41-64)77-59)80-61-56(74)53(71)58(48(42-65)78-61)79-60-54(72)51(69)50(68)46(40-63)76-60/h5,7,11,13,15-16,18-19,21-22,24-25,44-48,50-61,63-66,68-74H,3-4,6,8-10,12,14,17,20,23,26-43H2,1-2H3,(H,62,67)/b7-5-,13-11-,16-15-,19-18-,22-21-,25-24-. The summed E-state index contributed by atoms with van der Waals surface area (Å²) in [6.45, 7) is 1.60. The number of hydrogen-bond donors (Lipinski definition) is 12. The van der Waals surface area contributed by atoms with Crippen LogP contribution in [0.1, 0.15) is 174 Å². The number of nitrogens with one attached hydrogen (secondary N) is 1. The second-order valence-electron chi connectivity index (χ2n) is 21.4. The van der Waals surface area contributed by atoms with E-state index in [4.69, 9.17) is 28.4 Å². The van der Waals surface area contributed by atoms with Crippen LogP contribution < -0.4 is 5.32 Å². The number of hydrogen-bond acceptors (Lipinski definition) is 18. The van der Waals surface area contributed by atoms with Crippen LogP contribution in [0.15, 0.2) is 72.9 Å². The fraction of sp³-hybridized carbons (Fsp3) is 0.787. The minimum Gasteiger partial charge on any atom is -0.394 e. The van der Waals surface area contributed by atoms with Gasteiger partial charge in [-0.05, 0) is 64.2 Å². The predicted octanol–water partition coefficient (Wildman–Crippen LogP) is 5.43. The molecule has 0 aromatic heterocycles. The molecule has 0 aromatic carbocycles. The topological polar surface area (TPSA) is 307 Å². The van der Waals surface area contributed by atoms with Gasteiger partial charge in [0, 0.05) is 6.42 Å². The van der Waals surface area contributed by atoms with Gasteiger partial charge in [0.25, 0.3) is 0 Å². The number of rotatable bonds is 43. The Morgan fingerprint density at radius 1 is 0.463 bits per heavy atom. The van der Waals surface area contributed by atoms with Crippen molar-refractivity contribution in [2.24, 2.45) is 0 Å². The fourth-order valence-electron chi connectivity index (χ4n) is 9.84. The van der Waals surface area contributed by atoms with E-state index in [-0.39, 0.29) is 18.9 Å². The van der Waals surface area contributed by atoms with E-state index in [2.05, 4.69) is 92.1 Å². The third-order valence-electron chi connectivity index (χ3n) is 14.8. The Morgan fingerprint density at radius 2 is 0.863 bits per heavy atom. The second-order valence-corrected chi connectivity index (χ2v) is 21.4. The van der Waals surface area contributed by atoms with Gasteiger partial charge in [-0.15, -0.1) is 0 Å². The molecule has 0 aromatic rings. The molecule has 19 nitrogen and oxygen atoms in total. The fourth-order valence-corrected chi connectivity index (χ4v) is 9.84. The molecule has 3 heterocycles. The molecule has 12 N–H and O–H groups in total. The van der Waals surface area contributed by atoms with E-state index in [0.717, 1.165) is 103 Å². The molecule has 0 spiro atoms. The highest BCUT2D eigenvalue weighted by Gasteiger charge is 2.53. The van der Waals surface area contributed by atoms with Gasteiger partial charge < -0.3 is 89.9 Å². The lowest BCUT2D eigenvalue weighted by molar-refractivity contribution is -0.379. The SMILES string of the molecule is CC/C=C\C/C=C\C/C=C\C/C=C\C/C=C\C/C=C\CCCCCCCCCCC(=O)NC(COC1OC(CO)C(OC2OC(CO)C(OC3OC(CO)C(O)C(O)C3O)C(O)C2O)C(O)C1O)C(O)CCCCCCCCCC. The molecule has 17 atom stereocenters. The maximum absolute atomic E-state index is 13.3. The molecule has 3 aliphatic heterocycles. The molecule has 17 unspecified atom stereocenters. The van der Waals surface area contributed by atoms with Crippen molar-refractivity contribution in [2.45, 2.75) is 279 Å². The van der Waals surface area contributed by atoms with Crippen molar-refractivity contribution in [1.82, 2.24) is 5.32 Å². The Kier molecular flexibility index (Phi) is 39.2. The zero-order chi connectivity index (χ0) is 58.3. The molecule has 1 amide bonds. The van der Waals surface area contributed by atoms with Crippen molar-refractivity contribution in [3.05, 3.63) is 72.9 Å². The Bertz CT molecular complexity index is 1740. The maximum atomic E-state index is 13.3. The Hall–Kier alpha value is -2.77. The van der Waals surface area contributed by atoms with E-state index < -0.39 is 124 Å². The van der Waals surface area contributed by atoms with Crippen LogP contribution in [0.25, 0.3) is 0 Å². The summed E-state index contributed by atoms with van der Waals surface area (Å²) in [4.78, 5) is 13.3. The summed E-state index contributed by atoms with van der Waals surface area (Å²) in [6, 6.07) is -0.893. The van der Waals surface area contributed by atoms with E-state index in [1.807, 2.05) is 0 Å². The van der Waals surface area contributed by atoms with Gasteiger partial charge in [-0.2, -0.15) is 0 Å². The molecule has 0 radical (unpaired) electrons. The summed E-state index contributed by atoms with van der Waals surface area (Å²) < 4.78 is 34.2.